The highest BCUT2D eigenvalue weighted by atomic mass is 16.5. The summed E-state index contributed by atoms with van der Waals surface area (Å²) in [7, 11) is 1.57. The first-order chi connectivity index (χ1) is 9.79. The zero-order valence-corrected chi connectivity index (χ0v) is 11.8. The summed E-state index contributed by atoms with van der Waals surface area (Å²) in [6.07, 6.45) is 3.37. The Hall–Kier alpha value is -1.75. The fourth-order valence-electron chi connectivity index (χ4n) is 2.18. The second-order valence-electron chi connectivity index (χ2n) is 4.71. The lowest BCUT2D eigenvalue weighted by atomic mass is 10.2. The Morgan fingerprint density at radius 2 is 2.20 bits per heavy atom. The lowest BCUT2D eigenvalue weighted by Gasteiger charge is -2.12. The van der Waals surface area contributed by atoms with Gasteiger partial charge < -0.3 is 19.5 Å². The molecular weight excluding hydrogens is 258 g/mol. The number of methoxy groups -OCH3 is 1. The van der Waals surface area contributed by atoms with Crippen LogP contribution < -0.4 is 14.8 Å². The van der Waals surface area contributed by atoms with Gasteiger partial charge in [0.25, 0.3) is 5.91 Å². The molecule has 1 saturated heterocycles. The van der Waals surface area contributed by atoms with Crippen LogP contribution in [0.4, 0.5) is 0 Å². The predicted octanol–water partition coefficient (Wildman–Crippen LogP) is 1.76. The lowest BCUT2D eigenvalue weighted by molar-refractivity contribution is -0.123. The molecule has 1 aromatic rings. The third-order valence-corrected chi connectivity index (χ3v) is 3.24. The summed E-state index contributed by atoms with van der Waals surface area (Å²) in [6, 6.07) is 7.27. The van der Waals surface area contributed by atoms with Gasteiger partial charge >= 0.3 is 0 Å². The van der Waals surface area contributed by atoms with Gasteiger partial charge in [-0.05, 0) is 31.4 Å². The molecule has 1 aliphatic heterocycles. The van der Waals surface area contributed by atoms with Crippen molar-refractivity contribution in [2.75, 3.05) is 26.9 Å². The smallest absolute Gasteiger partial charge is 0.257 e. The molecule has 0 aliphatic carbocycles. The van der Waals surface area contributed by atoms with Crippen LogP contribution in [0.5, 0.6) is 11.5 Å². The van der Waals surface area contributed by atoms with Crippen molar-refractivity contribution >= 4 is 5.91 Å². The number of ether oxygens (including phenoxy) is 3. The summed E-state index contributed by atoms with van der Waals surface area (Å²) < 4.78 is 16.1. The maximum Gasteiger partial charge on any atom is 0.257 e. The average molecular weight is 279 g/mol. The quantitative estimate of drug-likeness (QED) is 0.826. The molecule has 0 aromatic heterocycles. The van der Waals surface area contributed by atoms with Crippen LogP contribution in [0.3, 0.4) is 0 Å². The van der Waals surface area contributed by atoms with Gasteiger partial charge in [0.1, 0.15) is 0 Å². The number of amides is 1. The zero-order valence-electron chi connectivity index (χ0n) is 11.8. The molecule has 0 saturated carbocycles. The molecule has 0 bridgehead atoms. The minimum atomic E-state index is -0.131. The summed E-state index contributed by atoms with van der Waals surface area (Å²) in [5.74, 6) is 1.07. The van der Waals surface area contributed by atoms with E-state index in [0.717, 1.165) is 25.9 Å². The number of rotatable bonds is 7. The van der Waals surface area contributed by atoms with Crippen LogP contribution in [0.25, 0.3) is 0 Å². The van der Waals surface area contributed by atoms with Gasteiger partial charge in [-0.1, -0.05) is 12.1 Å². The van der Waals surface area contributed by atoms with Crippen molar-refractivity contribution in [3.63, 3.8) is 0 Å². The number of hydrogen-bond acceptors (Lipinski definition) is 4. The number of nitrogens with one attached hydrogen (secondary N) is 1. The second-order valence-corrected chi connectivity index (χ2v) is 4.71. The second kappa shape index (κ2) is 7.75. The van der Waals surface area contributed by atoms with Crippen molar-refractivity contribution in [3.8, 4) is 11.5 Å². The molecule has 1 N–H and O–H groups in total. The Bertz CT molecular complexity index is 430. The number of benzene rings is 1. The first-order valence-electron chi connectivity index (χ1n) is 6.93. The third-order valence-electron chi connectivity index (χ3n) is 3.24. The Morgan fingerprint density at radius 3 is 2.90 bits per heavy atom. The Balaban J connectivity index is 1.66. The molecule has 1 aromatic carbocycles. The standard InChI is InChI=1S/C15H21NO4/c1-18-13-6-2-3-7-14(13)20-11-15(17)16-9-8-12-5-4-10-19-12/h2-3,6-7,12H,4-5,8-11H2,1H3,(H,16,17). The average Bonchev–Trinajstić information content (AvgIpc) is 2.98. The van der Waals surface area contributed by atoms with E-state index in [0.29, 0.717) is 24.1 Å². The van der Waals surface area contributed by atoms with Crippen LogP contribution in [0.15, 0.2) is 24.3 Å². The molecule has 1 atom stereocenters. The van der Waals surface area contributed by atoms with E-state index in [2.05, 4.69) is 5.32 Å². The van der Waals surface area contributed by atoms with E-state index in [1.807, 2.05) is 12.1 Å². The number of para-hydroxylation sites is 2. The van der Waals surface area contributed by atoms with Crippen molar-refractivity contribution in [2.24, 2.45) is 0 Å². The van der Waals surface area contributed by atoms with E-state index in [1.54, 1.807) is 19.2 Å². The van der Waals surface area contributed by atoms with Gasteiger partial charge in [-0.15, -0.1) is 0 Å². The van der Waals surface area contributed by atoms with E-state index in [1.165, 1.54) is 0 Å². The van der Waals surface area contributed by atoms with Crippen LogP contribution in [0.2, 0.25) is 0 Å². The van der Waals surface area contributed by atoms with Gasteiger partial charge in [0.15, 0.2) is 18.1 Å². The Labute approximate surface area is 119 Å². The molecule has 0 radical (unpaired) electrons. The molecule has 2 rings (SSSR count). The molecule has 0 spiro atoms. The summed E-state index contributed by atoms with van der Waals surface area (Å²) in [5.41, 5.74) is 0. The van der Waals surface area contributed by atoms with Gasteiger partial charge in [-0.3, -0.25) is 4.79 Å². The first-order valence-corrected chi connectivity index (χ1v) is 6.93. The van der Waals surface area contributed by atoms with Gasteiger partial charge in [-0.2, -0.15) is 0 Å². The topological polar surface area (TPSA) is 56.8 Å². The van der Waals surface area contributed by atoms with Crippen LogP contribution in [0, 0.1) is 0 Å². The van der Waals surface area contributed by atoms with E-state index < -0.39 is 0 Å². The maximum atomic E-state index is 11.7. The Kier molecular flexibility index (Phi) is 5.68. The van der Waals surface area contributed by atoms with E-state index >= 15 is 0 Å². The molecule has 1 aliphatic rings. The minimum absolute atomic E-state index is 0.00804. The molecule has 1 heterocycles. The largest absolute Gasteiger partial charge is 0.493 e. The van der Waals surface area contributed by atoms with Crippen molar-refractivity contribution in [1.29, 1.82) is 0 Å². The predicted molar refractivity (Wildman–Crippen MR) is 75.1 cm³/mol. The van der Waals surface area contributed by atoms with Gasteiger partial charge in [-0.25, -0.2) is 0 Å². The van der Waals surface area contributed by atoms with Gasteiger partial charge in [0.05, 0.1) is 13.2 Å². The molecule has 5 heteroatoms. The van der Waals surface area contributed by atoms with Crippen LogP contribution in [0.1, 0.15) is 19.3 Å². The van der Waals surface area contributed by atoms with Crippen LogP contribution in [-0.2, 0) is 9.53 Å². The SMILES string of the molecule is COc1ccccc1OCC(=O)NCCC1CCCO1. The Morgan fingerprint density at radius 1 is 1.40 bits per heavy atom. The lowest BCUT2D eigenvalue weighted by Crippen LogP contribution is -2.31. The molecule has 110 valence electrons. The van der Waals surface area contributed by atoms with Crippen molar-refractivity contribution < 1.29 is 19.0 Å². The zero-order chi connectivity index (χ0) is 14.2. The highest BCUT2D eigenvalue weighted by molar-refractivity contribution is 5.77. The monoisotopic (exact) mass is 279 g/mol. The van der Waals surface area contributed by atoms with Crippen molar-refractivity contribution in [2.45, 2.75) is 25.4 Å². The molecule has 1 amide bonds. The molecule has 1 fully saturated rings. The van der Waals surface area contributed by atoms with Gasteiger partial charge in [0.2, 0.25) is 0 Å². The van der Waals surface area contributed by atoms with E-state index in [4.69, 9.17) is 14.2 Å². The maximum absolute atomic E-state index is 11.7. The normalized spacial score (nSPS) is 17.8. The van der Waals surface area contributed by atoms with Crippen LogP contribution in [-0.4, -0.2) is 38.9 Å². The molecular formula is C15H21NO4. The summed E-state index contributed by atoms with van der Waals surface area (Å²) >= 11 is 0. The highest BCUT2D eigenvalue weighted by Crippen LogP contribution is 2.25. The first kappa shape index (κ1) is 14.7. The van der Waals surface area contributed by atoms with E-state index in [9.17, 15) is 4.79 Å². The molecule has 20 heavy (non-hydrogen) atoms. The van der Waals surface area contributed by atoms with Crippen molar-refractivity contribution in [3.05, 3.63) is 24.3 Å². The number of hydrogen-bond donors (Lipinski definition) is 1. The number of carbonyl (C=O) groups is 1. The summed E-state index contributed by atoms with van der Waals surface area (Å²) in [6.45, 7) is 1.46. The van der Waals surface area contributed by atoms with Crippen LogP contribution >= 0.6 is 0 Å². The fourth-order valence-corrected chi connectivity index (χ4v) is 2.18. The molecule has 5 nitrogen and oxygen atoms in total. The summed E-state index contributed by atoms with van der Waals surface area (Å²) in [5, 5.41) is 2.83. The third kappa shape index (κ3) is 4.42. The minimum Gasteiger partial charge on any atom is -0.493 e. The fraction of sp³-hybridized carbons (Fsp3) is 0.533. The van der Waals surface area contributed by atoms with Gasteiger partial charge in [0, 0.05) is 13.2 Å². The number of carbonyl (C=O) groups excluding carboxylic acids is 1. The summed E-state index contributed by atoms with van der Waals surface area (Å²) in [4.78, 5) is 11.7. The van der Waals surface area contributed by atoms with E-state index in [-0.39, 0.29) is 12.5 Å². The van der Waals surface area contributed by atoms with Crippen molar-refractivity contribution in [1.82, 2.24) is 5.32 Å². The molecule has 1 unspecified atom stereocenters. The highest BCUT2D eigenvalue weighted by Gasteiger charge is 2.15.